The molecule has 0 saturated heterocycles. The molecule has 0 bridgehead atoms. The summed E-state index contributed by atoms with van der Waals surface area (Å²) in [6.07, 6.45) is -3.82. The van der Waals surface area contributed by atoms with Gasteiger partial charge < -0.3 is 0 Å². The van der Waals surface area contributed by atoms with E-state index in [-0.39, 0.29) is 6.04 Å². The minimum Gasteiger partial charge on any atom is -0.271 e. The van der Waals surface area contributed by atoms with Crippen molar-refractivity contribution in [1.82, 2.24) is 5.43 Å². The lowest BCUT2D eigenvalue weighted by Gasteiger charge is -2.18. The Hall–Kier alpha value is -1.85. The molecule has 5 heteroatoms. The SMILES string of the molecule is Cc1cccc(CC(NN)c2cccc(C(F)(F)F)c2)c1. The maximum absolute atomic E-state index is 12.8. The summed E-state index contributed by atoms with van der Waals surface area (Å²) >= 11 is 0. The lowest BCUT2D eigenvalue weighted by Crippen LogP contribution is -2.29. The molecule has 2 nitrogen and oxygen atoms in total. The summed E-state index contributed by atoms with van der Waals surface area (Å²) in [5.41, 5.74) is 4.58. The van der Waals surface area contributed by atoms with E-state index in [1.54, 1.807) is 6.07 Å². The first kappa shape index (κ1) is 15.5. The summed E-state index contributed by atoms with van der Waals surface area (Å²) in [7, 11) is 0. The minimum absolute atomic E-state index is 0.367. The van der Waals surface area contributed by atoms with E-state index in [2.05, 4.69) is 5.43 Å². The predicted octanol–water partition coefficient (Wildman–Crippen LogP) is 3.76. The fraction of sp³-hybridized carbons (Fsp3) is 0.250. The molecule has 0 fully saturated rings. The van der Waals surface area contributed by atoms with Gasteiger partial charge in [0, 0.05) is 6.04 Å². The molecule has 0 aliphatic heterocycles. The molecule has 0 aromatic heterocycles. The Kier molecular flexibility index (Phi) is 4.65. The zero-order valence-electron chi connectivity index (χ0n) is 11.6. The predicted molar refractivity (Wildman–Crippen MR) is 76.4 cm³/mol. The van der Waals surface area contributed by atoms with Crippen molar-refractivity contribution in [2.24, 2.45) is 5.84 Å². The average molecular weight is 294 g/mol. The Labute approximate surface area is 121 Å². The molecule has 0 saturated carbocycles. The van der Waals surface area contributed by atoms with Gasteiger partial charge in [-0.25, -0.2) is 0 Å². The third kappa shape index (κ3) is 4.06. The van der Waals surface area contributed by atoms with Gasteiger partial charge in [-0.05, 0) is 36.6 Å². The van der Waals surface area contributed by atoms with Crippen LogP contribution in [0.1, 0.15) is 28.3 Å². The largest absolute Gasteiger partial charge is 0.416 e. The van der Waals surface area contributed by atoms with Crippen LogP contribution < -0.4 is 11.3 Å². The van der Waals surface area contributed by atoms with E-state index in [1.807, 2.05) is 31.2 Å². The maximum atomic E-state index is 12.8. The number of halogens is 3. The Balaban J connectivity index is 2.25. The van der Waals surface area contributed by atoms with Gasteiger partial charge in [0.2, 0.25) is 0 Å². The molecular weight excluding hydrogens is 277 g/mol. The number of benzene rings is 2. The Bertz CT molecular complexity index is 608. The van der Waals surface area contributed by atoms with Gasteiger partial charge in [-0.1, -0.05) is 42.0 Å². The highest BCUT2D eigenvalue weighted by Gasteiger charge is 2.30. The lowest BCUT2D eigenvalue weighted by atomic mass is 9.97. The molecule has 0 aliphatic carbocycles. The van der Waals surface area contributed by atoms with E-state index in [1.165, 1.54) is 6.07 Å². The first-order valence-electron chi connectivity index (χ1n) is 6.59. The van der Waals surface area contributed by atoms with Gasteiger partial charge >= 0.3 is 6.18 Å². The first-order chi connectivity index (χ1) is 9.90. The second-order valence-corrected chi connectivity index (χ2v) is 5.04. The summed E-state index contributed by atoms with van der Waals surface area (Å²) in [4.78, 5) is 0. The van der Waals surface area contributed by atoms with Crippen molar-refractivity contribution < 1.29 is 13.2 Å². The monoisotopic (exact) mass is 294 g/mol. The summed E-state index contributed by atoms with van der Waals surface area (Å²) in [6.45, 7) is 1.97. The number of hydrogen-bond acceptors (Lipinski definition) is 2. The van der Waals surface area contributed by atoms with Crippen LogP contribution in [0.25, 0.3) is 0 Å². The van der Waals surface area contributed by atoms with Gasteiger partial charge in [0.15, 0.2) is 0 Å². The van der Waals surface area contributed by atoms with Crippen LogP contribution in [0.5, 0.6) is 0 Å². The number of alkyl halides is 3. The molecule has 0 spiro atoms. The number of hydrazine groups is 1. The van der Waals surface area contributed by atoms with E-state index < -0.39 is 11.7 Å². The van der Waals surface area contributed by atoms with E-state index in [9.17, 15) is 13.2 Å². The minimum atomic E-state index is -4.35. The van der Waals surface area contributed by atoms with Gasteiger partial charge in [-0.15, -0.1) is 0 Å². The number of aryl methyl sites for hydroxylation is 1. The van der Waals surface area contributed by atoms with E-state index in [4.69, 9.17) is 5.84 Å². The highest BCUT2D eigenvalue weighted by Crippen LogP contribution is 2.31. The number of rotatable bonds is 4. The molecule has 2 aromatic carbocycles. The standard InChI is InChI=1S/C16H17F3N2/c1-11-4-2-5-12(8-11)9-15(21-20)13-6-3-7-14(10-13)16(17,18)19/h2-8,10,15,21H,9,20H2,1H3. The summed E-state index contributed by atoms with van der Waals surface area (Å²) in [6, 6.07) is 12.7. The molecular formula is C16H17F3N2. The maximum Gasteiger partial charge on any atom is 0.416 e. The Morgan fingerprint density at radius 3 is 2.43 bits per heavy atom. The second-order valence-electron chi connectivity index (χ2n) is 5.04. The summed E-state index contributed by atoms with van der Waals surface area (Å²) < 4.78 is 38.3. The number of nitrogens with two attached hydrogens (primary N) is 1. The third-order valence-corrected chi connectivity index (χ3v) is 3.34. The normalized spacial score (nSPS) is 13.2. The van der Waals surface area contributed by atoms with Crippen LogP contribution in [-0.4, -0.2) is 0 Å². The summed E-state index contributed by atoms with van der Waals surface area (Å²) in [5.74, 6) is 5.52. The van der Waals surface area contributed by atoms with Gasteiger partial charge in [-0.2, -0.15) is 13.2 Å². The highest BCUT2D eigenvalue weighted by atomic mass is 19.4. The van der Waals surface area contributed by atoms with Crippen molar-refractivity contribution in [3.05, 3.63) is 70.8 Å². The van der Waals surface area contributed by atoms with Crippen molar-refractivity contribution in [3.63, 3.8) is 0 Å². The van der Waals surface area contributed by atoms with E-state index in [0.717, 1.165) is 23.3 Å². The van der Waals surface area contributed by atoms with Crippen LogP contribution in [0.3, 0.4) is 0 Å². The van der Waals surface area contributed by atoms with Crippen molar-refractivity contribution >= 4 is 0 Å². The molecule has 21 heavy (non-hydrogen) atoms. The smallest absolute Gasteiger partial charge is 0.271 e. The quantitative estimate of drug-likeness (QED) is 0.665. The fourth-order valence-electron chi connectivity index (χ4n) is 2.28. The zero-order chi connectivity index (χ0) is 15.5. The van der Waals surface area contributed by atoms with Crippen LogP contribution in [0.15, 0.2) is 48.5 Å². The van der Waals surface area contributed by atoms with Gasteiger partial charge in [-0.3, -0.25) is 11.3 Å². The molecule has 0 heterocycles. The van der Waals surface area contributed by atoms with Gasteiger partial charge in [0.05, 0.1) is 5.56 Å². The molecule has 1 atom stereocenters. The number of hydrogen-bond donors (Lipinski definition) is 2. The zero-order valence-corrected chi connectivity index (χ0v) is 11.6. The van der Waals surface area contributed by atoms with Crippen molar-refractivity contribution in [2.45, 2.75) is 25.6 Å². The van der Waals surface area contributed by atoms with Crippen LogP contribution in [0.4, 0.5) is 13.2 Å². The van der Waals surface area contributed by atoms with Crippen LogP contribution >= 0.6 is 0 Å². The fourth-order valence-corrected chi connectivity index (χ4v) is 2.28. The van der Waals surface area contributed by atoms with E-state index in [0.29, 0.717) is 12.0 Å². The Morgan fingerprint density at radius 1 is 1.10 bits per heavy atom. The van der Waals surface area contributed by atoms with Crippen LogP contribution in [-0.2, 0) is 12.6 Å². The molecule has 0 radical (unpaired) electrons. The van der Waals surface area contributed by atoms with Gasteiger partial charge in [0.1, 0.15) is 0 Å². The highest BCUT2D eigenvalue weighted by molar-refractivity contribution is 5.30. The van der Waals surface area contributed by atoms with Gasteiger partial charge in [0.25, 0.3) is 0 Å². The molecule has 1 unspecified atom stereocenters. The summed E-state index contributed by atoms with van der Waals surface area (Å²) in [5, 5.41) is 0. The number of nitrogens with one attached hydrogen (secondary N) is 1. The first-order valence-corrected chi connectivity index (χ1v) is 6.59. The van der Waals surface area contributed by atoms with Crippen LogP contribution in [0, 0.1) is 6.92 Å². The third-order valence-electron chi connectivity index (χ3n) is 3.34. The molecule has 0 aliphatic rings. The van der Waals surface area contributed by atoms with Crippen molar-refractivity contribution in [2.75, 3.05) is 0 Å². The lowest BCUT2D eigenvalue weighted by molar-refractivity contribution is -0.137. The molecule has 112 valence electrons. The average Bonchev–Trinajstić information content (AvgIpc) is 2.44. The van der Waals surface area contributed by atoms with Crippen molar-refractivity contribution in [1.29, 1.82) is 0 Å². The van der Waals surface area contributed by atoms with Crippen LogP contribution in [0.2, 0.25) is 0 Å². The molecule has 2 aromatic rings. The molecule has 3 N–H and O–H groups in total. The van der Waals surface area contributed by atoms with Crippen molar-refractivity contribution in [3.8, 4) is 0 Å². The topological polar surface area (TPSA) is 38.0 Å². The molecule has 0 amide bonds. The Morgan fingerprint density at radius 2 is 1.81 bits per heavy atom. The van der Waals surface area contributed by atoms with E-state index >= 15 is 0 Å². The second kappa shape index (κ2) is 6.28. The molecule has 2 rings (SSSR count).